The Balaban J connectivity index is 1.54. The number of aromatic nitrogens is 4. The van der Waals surface area contributed by atoms with Crippen molar-refractivity contribution in [2.75, 3.05) is 17.3 Å². The van der Waals surface area contributed by atoms with Crippen LogP contribution in [0.25, 0.3) is 0 Å². The number of nitrogens with one attached hydrogen (secondary N) is 1. The number of hydrogen-bond donors (Lipinski definition) is 1. The lowest BCUT2D eigenvalue weighted by molar-refractivity contribution is 0.620. The van der Waals surface area contributed by atoms with Gasteiger partial charge < -0.3 is 10.2 Å². The summed E-state index contributed by atoms with van der Waals surface area (Å²) in [7, 11) is 1.84. The molecule has 24 heavy (non-hydrogen) atoms. The fourth-order valence-corrected chi connectivity index (χ4v) is 2.89. The van der Waals surface area contributed by atoms with Crippen molar-refractivity contribution in [3.63, 3.8) is 0 Å². The van der Waals surface area contributed by atoms with Crippen molar-refractivity contribution < 1.29 is 4.39 Å². The molecule has 3 aromatic rings. The van der Waals surface area contributed by atoms with E-state index >= 15 is 0 Å². The fraction of sp³-hybridized carbons (Fsp3) is 0.235. The summed E-state index contributed by atoms with van der Waals surface area (Å²) in [6.07, 6.45) is 3.64. The van der Waals surface area contributed by atoms with Crippen molar-refractivity contribution in [2.45, 2.75) is 19.6 Å². The molecule has 0 bridgehead atoms. The summed E-state index contributed by atoms with van der Waals surface area (Å²) in [5.74, 6) is 1.27. The molecule has 0 atom stereocenters. The molecule has 0 radical (unpaired) electrons. The first-order valence-electron chi connectivity index (χ1n) is 7.76. The quantitative estimate of drug-likeness (QED) is 0.799. The molecule has 7 heteroatoms. The van der Waals surface area contributed by atoms with E-state index in [9.17, 15) is 4.39 Å². The molecule has 1 aromatic carbocycles. The second kappa shape index (κ2) is 5.92. The summed E-state index contributed by atoms with van der Waals surface area (Å²) < 4.78 is 15.0. The summed E-state index contributed by atoms with van der Waals surface area (Å²) in [4.78, 5) is 11.0. The van der Waals surface area contributed by atoms with Gasteiger partial charge in [0.1, 0.15) is 11.6 Å². The van der Waals surface area contributed by atoms with Crippen molar-refractivity contribution in [2.24, 2.45) is 0 Å². The van der Waals surface area contributed by atoms with Crippen molar-refractivity contribution in [1.29, 1.82) is 0 Å². The standard InChI is InChI=1S/C17H17FN6/c1-19-16-6-7-20-17(22-16)23-10-13-8-21-24(15(13)11-23)9-12-2-4-14(18)5-3-12/h2-8H,9-11H2,1H3,(H,19,20,22). The van der Waals surface area contributed by atoms with Crippen molar-refractivity contribution in [3.05, 3.63) is 65.4 Å². The van der Waals surface area contributed by atoms with E-state index in [4.69, 9.17) is 0 Å². The molecule has 2 aromatic heterocycles. The largest absolute Gasteiger partial charge is 0.373 e. The maximum Gasteiger partial charge on any atom is 0.227 e. The van der Waals surface area contributed by atoms with Crippen LogP contribution < -0.4 is 10.2 Å². The van der Waals surface area contributed by atoms with E-state index in [1.165, 1.54) is 17.7 Å². The van der Waals surface area contributed by atoms with Crippen LogP contribution >= 0.6 is 0 Å². The van der Waals surface area contributed by atoms with Gasteiger partial charge in [-0.3, -0.25) is 4.68 Å². The highest BCUT2D eigenvalue weighted by Crippen LogP contribution is 2.26. The minimum atomic E-state index is -0.225. The van der Waals surface area contributed by atoms with Crippen molar-refractivity contribution in [1.82, 2.24) is 19.7 Å². The lowest BCUT2D eigenvalue weighted by atomic mass is 10.2. The molecule has 0 unspecified atom stereocenters. The lowest BCUT2D eigenvalue weighted by Crippen LogP contribution is -2.19. The van der Waals surface area contributed by atoms with Gasteiger partial charge in [-0.05, 0) is 23.8 Å². The first-order valence-corrected chi connectivity index (χ1v) is 7.76. The Morgan fingerprint density at radius 2 is 2.00 bits per heavy atom. The molecular formula is C17H17FN6. The van der Waals surface area contributed by atoms with Gasteiger partial charge in [-0.25, -0.2) is 9.37 Å². The summed E-state index contributed by atoms with van der Waals surface area (Å²) in [6, 6.07) is 8.36. The second-order valence-corrected chi connectivity index (χ2v) is 5.75. The highest BCUT2D eigenvalue weighted by atomic mass is 19.1. The molecule has 1 aliphatic rings. The van der Waals surface area contributed by atoms with E-state index < -0.39 is 0 Å². The highest BCUT2D eigenvalue weighted by Gasteiger charge is 2.25. The van der Waals surface area contributed by atoms with E-state index in [-0.39, 0.29) is 5.82 Å². The van der Waals surface area contributed by atoms with Crippen molar-refractivity contribution in [3.8, 4) is 0 Å². The van der Waals surface area contributed by atoms with Gasteiger partial charge in [-0.15, -0.1) is 0 Å². The predicted molar refractivity (Wildman–Crippen MR) is 89.2 cm³/mol. The molecule has 0 saturated carbocycles. The molecule has 0 aliphatic carbocycles. The van der Waals surface area contributed by atoms with Gasteiger partial charge in [0.25, 0.3) is 0 Å². The van der Waals surface area contributed by atoms with Crippen LogP contribution in [0.15, 0.2) is 42.7 Å². The molecule has 0 fully saturated rings. The van der Waals surface area contributed by atoms with Crippen LogP contribution in [0.5, 0.6) is 0 Å². The summed E-state index contributed by atoms with van der Waals surface area (Å²) >= 11 is 0. The van der Waals surface area contributed by atoms with Gasteiger partial charge in [0, 0.05) is 25.4 Å². The van der Waals surface area contributed by atoms with Crippen LogP contribution in [-0.4, -0.2) is 26.8 Å². The Hall–Kier alpha value is -2.96. The average molecular weight is 324 g/mol. The average Bonchev–Trinajstić information content (AvgIpc) is 3.19. The van der Waals surface area contributed by atoms with Crippen LogP contribution in [-0.2, 0) is 19.6 Å². The Bertz CT molecular complexity index is 858. The molecule has 3 heterocycles. The predicted octanol–water partition coefficient (Wildman–Crippen LogP) is 2.42. The SMILES string of the molecule is CNc1ccnc(N2Cc3cnn(Cc4ccc(F)cc4)c3C2)n1. The fourth-order valence-electron chi connectivity index (χ4n) is 2.89. The zero-order valence-electron chi connectivity index (χ0n) is 13.3. The number of nitrogens with zero attached hydrogens (tertiary/aromatic N) is 5. The zero-order valence-corrected chi connectivity index (χ0v) is 13.3. The first kappa shape index (κ1) is 14.6. The number of rotatable bonds is 4. The first-order chi connectivity index (χ1) is 11.7. The summed E-state index contributed by atoms with van der Waals surface area (Å²) in [6.45, 7) is 2.08. The maximum atomic E-state index is 13.0. The molecular weight excluding hydrogens is 307 g/mol. The number of hydrogen-bond acceptors (Lipinski definition) is 5. The smallest absolute Gasteiger partial charge is 0.227 e. The van der Waals surface area contributed by atoms with Gasteiger partial charge in [-0.2, -0.15) is 10.1 Å². The van der Waals surface area contributed by atoms with Crippen molar-refractivity contribution >= 4 is 11.8 Å². The third kappa shape index (κ3) is 2.68. The molecule has 0 saturated heterocycles. The Morgan fingerprint density at radius 1 is 1.17 bits per heavy atom. The zero-order chi connectivity index (χ0) is 16.5. The normalized spacial score (nSPS) is 13.2. The molecule has 1 aliphatic heterocycles. The van der Waals surface area contributed by atoms with Gasteiger partial charge in [0.05, 0.1) is 25.0 Å². The third-order valence-corrected chi connectivity index (χ3v) is 4.16. The topological polar surface area (TPSA) is 58.9 Å². The van der Waals surface area contributed by atoms with E-state index in [1.54, 1.807) is 18.3 Å². The van der Waals surface area contributed by atoms with Crippen LogP contribution in [0, 0.1) is 5.82 Å². The highest BCUT2D eigenvalue weighted by molar-refractivity contribution is 5.45. The van der Waals surface area contributed by atoms with Gasteiger partial charge in [0.15, 0.2) is 0 Å². The molecule has 0 amide bonds. The Kier molecular flexibility index (Phi) is 3.60. The molecule has 0 spiro atoms. The molecule has 6 nitrogen and oxygen atoms in total. The molecule has 1 N–H and O–H groups in total. The number of anilines is 2. The number of benzene rings is 1. The second-order valence-electron chi connectivity index (χ2n) is 5.75. The minimum Gasteiger partial charge on any atom is -0.373 e. The minimum absolute atomic E-state index is 0.225. The number of halogens is 1. The van der Waals surface area contributed by atoms with E-state index in [2.05, 4.69) is 25.3 Å². The van der Waals surface area contributed by atoms with E-state index in [0.717, 1.165) is 23.6 Å². The van der Waals surface area contributed by atoms with Gasteiger partial charge in [0.2, 0.25) is 5.95 Å². The third-order valence-electron chi connectivity index (χ3n) is 4.16. The summed E-state index contributed by atoms with van der Waals surface area (Å²) in [5.41, 5.74) is 3.35. The Labute approximate surface area is 139 Å². The monoisotopic (exact) mass is 324 g/mol. The molecule has 122 valence electrons. The maximum absolute atomic E-state index is 13.0. The molecule has 4 rings (SSSR count). The van der Waals surface area contributed by atoms with Crippen LogP contribution in [0.4, 0.5) is 16.2 Å². The van der Waals surface area contributed by atoms with Gasteiger partial charge in [-0.1, -0.05) is 12.1 Å². The lowest BCUT2D eigenvalue weighted by Gasteiger charge is -2.16. The number of fused-ring (bicyclic) bond motifs is 1. The van der Waals surface area contributed by atoms with E-state index in [1.807, 2.05) is 24.0 Å². The summed E-state index contributed by atoms with van der Waals surface area (Å²) in [5, 5.41) is 7.49. The van der Waals surface area contributed by atoms with E-state index in [0.29, 0.717) is 19.0 Å². The van der Waals surface area contributed by atoms with Gasteiger partial charge >= 0.3 is 0 Å². The van der Waals surface area contributed by atoms with Crippen LogP contribution in [0.1, 0.15) is 16.8 Å². The Morgan fingerprint density at radius 3 is 2.79 bits per heavy atom. The van der Waals surface area contributed by atoms with Crippen LogP contribution in [0.2, 0.25) is 0 Å². The van der Waals surface area contributed by atoms with Crippen LogP contribution in [0.3, 0.4) is 0 Å².